The van der Waals surface area contributed by atoms with E-state index in [-0.39, 0.29) is 24.2 Å². The van der Waals surface area contributed by atoms with Crippen LogP contribution in [0.1, 0.15) is 68.1 Å². The number of carboxylic acids is 1. The van der Waals surface area contributed by atoms with Gasteiger partial charge >= 0.3 is 5.97 Å². The minimum absolute atomic E-state index is 0.0672. The number of halogens is 1. The third-order valence-electron chi connectivity index (χ3n) is 5.67. The van der Waals surface area contributed by atoms with Crippen LogP contribution in [-0.2, 0) is 4.79 Å². The highest BCUT2D eigenvalue weighted by molar-refractivity contribution is 6.00. The van der Waals surface area contributed by atoms with Gasteiger partial charge in [0.15, 0.2) is 0 Å². The molecule has 1 aromatic carbocycles. The van der Waals surface area contributed by atoms with E-state index in [0.717, 1.165) is 57.4 Å². The van der Waals surface area contributed by atoms with Crippen LogP contribution in [0.4, 0.5) is 15.8 Å². The lowest BCUT2D eigenvalue weighted by Gasteiger charge is -2.25. The number of rotatable bonds is 8. The summed E-state index contributed by atoms with van der Waals surface area (Å²) in [5.74, 6) is -1.95. The van der Waals surface area contributed by atoms with Crippen LogP contribution in [0.25, 0.3) is 0 Å². The van der Waals surface area contributed by atoms with E-state index in [1.807, 2.05) is 0 Å². The average Bonchev–Trinajstić information content (AvgIpc) is 3.21. The van der Waals surface area contributed by atoms with Gasteiger partial charge in [0.1, 0.15) is 5.82 Å². The van der Waals surface area contributed by atoms with Crippen molar-refractivity contribution in [2.75, 3.05) is 17.2 Å². The molecule has 6 nitrogen and oxygen atoms in total. The van der Waals surface area contributed by atoms with Gasteiger partial charge in [-0.15, -0.1) is 0 Å². The van der Waals surface area contributed by atoms with Gasteiger partial charge in [-0.3, -0.25) is 4.79 Å². The van der Waals surface area contributed by atoms with Crippen molar-refractivity contribution < 1.29 is 19.1 Å². The third-order valence-corrected chi connectivity index (χ3v) is 5.67. The van der Waals surface area contributed by atoms with E-state index in [1.54, 1.807) is 6.07 Å². The van der Waals surface area contributed by atoms with E-state index in [1.165, 1.54) is 18.6 Å². The van der Waals surface area contributed by atoms with Gasteiger partial charge < -0.3 is 21.1 Å². The Morgan fingerprint density at radius 3 is 2.17 bits per heavy atom. The zero-order valence-electron chi connectivity index (χ0n) is 16.7. The number of hydrogen-bond acceptors (Lipinski definition) is 4. The molecule has 1 aromatic rings. The summed E-state index contributed by atoms with van der Waals surface area (Å²) >= 11 is 0. The summed E-state index contributed by atoms with van der Waals surface area (Å²) in [5.41, 5.74) is 1.29. The quantitative estimate of drug-likeness (QED) is 0.486. The van der Waals surface area contributed by atoms with E-state index < -0.39 is 17.7 Å². The fourth-order valence-electron chi connectivity index (χ4n) is 4.15. The van der Waals surface area contributed by atoms with Gasteiger partial charge in [-0.25, -0.2) is 9.18 Å². The molecule has 2 fully saturated rings. The number of anilines is 2. The first-order valence-corrected chi connectivity index (χ1v) is 10.6. The molecular weight excluding hydrogens is 373 g/mol. The SMILES string of the molecule is O=C(O)/C=C/CNC(=O)c1cc(F)c(NC2CCCCC2)cc1NC1CCCC1. The third kappa shape index (κ3) is 6.21. The van der Waals surface area contributed by atoms with Gasteiger partial charge in [0, 0.05) is 30.4 Å². The van der Waals surface area contributed by atoms with E-state index in [0.29, 0.717) is 11.4 Å². The molecule has 29 heavy (non-hydrogen) atoms. The fraction of sp³-hybridized carbons (Fsp3) is 0.545. The standard InChI is InChI=1S/C22H30FN3O3/c23-18-13-17(22(29)24-12-6-11-21(27)28)19(25-15-9-4-5-10-15)14-20(18)26-16-7-2-1-3-8-16/h6,11,13-16,25-26H,1-5,7-10,12H2,(H,24,29)(H,27,28)/b11-6+. The Balaban J connectivity index is 1.77. The van der Waals surface area contributed by atoms with Gasteiger partial charge in [0.05, 0.1) is 11.3 Å². The molecule has 0 bridgehead atoms. The maximum atomic E-state index is 14.8. The molecule has 158 valence electrons. The smallest absolute Gasteiger partial charge is 0.328 e. The normalized spacial score (nSPS) is 18.1. The Bertz CT molecular complexity index is 754. The number of benzene rings is 1. The minimum Gasteiger partial charge on any atom is -0.478 e. The first-order chi connectivity index (χ1) is 14.0. The Kier molecular flexibility index (Phi) is 7.49. The highest BCUT2D eigenvalue weighted by Crippen LogP contribution is 2.30. The van der Waals surface area contributed by atoms with E-state index >= 15 is 0 Å². The van der Waals surface area contributed by atoms with Gasteiger partial charge in [-0.05, 0) is 37.8 Å². The van der Waals surface area contributed by atoms with Crippen molar-refractivity contribution >= 4 is 23.3 Å². The number of carboxylic acid groups (broad SMARTS) is 1. The number of nitrogens with one attached hydrogen (secondary N) is 3. The molecule has 0 spiro atoms. The van der Waals surface area contributed by atoms with Crippen molar-refractivity contribution in [3.8, 4) is 0 Å². The maximum absolute atomic E-state index is 14.8. The molecule has 0 saturated heterocycles. The number of amides is 1. The largest absolute Gasteiger partial charge is 0.478 e. The minimum atomic E-state index is -1.08. The van der Waals surface area contributed by atoms with E-state index in [4.69, 9.17) is 5.11 Å². The summed E-state index contributed by atoms with van der Waals surface area (Å²) in [7, 11) is 0. The summed E-state index contributed by atoms with van der Waals surface area (Å²) in [6.45, 7) is 0.0672. The summed E-state index contributed by atoms with van der Waals surface area (Å²) in [6, 6.07) is 3.53. The van der Waals surface area contributed by atoms with E-state index in [9.17, 15) is 14.0 Å². The van der Waals surface area contributed by atoms with Crippen LogP contribution in [0.5, 0.6) is 0 Å². The predicted molar refractivity (Wildman–Crippen MR) is 112 cm³/mol. The molecule has 0 aromatic heterocycles. The summed E-state index contributed by atoms with van der Waals surface area (Å²) in [4.78, 5) is 23.2. The monoisotopic (exact) mass is 403 g/mol. The summed E-state index contributed by atoms with van der Waals surface area (Å²) in [6.07, 6.45) is 12.3. The second-order valence-electron chi connectivity index (χ2n) is 7.93. The first-order valence-electron chi connectivity index (χ1n) is 10.6. The lowest BCUT2D eigenvalue weighted by molar-refractivity contribution is -0.131. The van der Waals surface area contributed by atoms with Crippen LogP contribution in [0.15, 0.2) is 24.3 Å². The Hall–Kier alpha value is -2.57. The van der Waals surface area contributed by atoms with Crippen LogP contribution in [-0.4, -0.2) is 35.6 Å². The molecule has 2 aliphatic carbocycles. The average molecular weight is 403 g/mol. The molecule has 0 radical (unpaired) electrons. The molecule has 7 heteroatoms. The molecule has 0 heterocycles. The molecule has 3 rings (SSSR count). The van der Waals surface area contributed by atoms with Gasteiger partial charge in [-0.2, -0.15) is 0 Å². The predicted octanol–water partition coefficient (Wildman–Crippen LogP) is 4.30. The molecule has 0 aliphatic heterocycles. The van der Waals surface area contributed by atoms with Crippen molar-refractivity contribution in [3.63, 3.8) is 0 Å². The molecule has 0 unspecified atom stereocenters. The highest BCUT2D eigenvalue weighted by atomic mass is 19.1. The molecule has 2 saturated carbocycles. The molecular formula is C22H30FN3O3. The first kappa shape index (κ1) is 21.1. The van der Waals surface area contributed by atoms with Gasteiger partial charge in [-0.1, -0.05) is 38.2 Å². The Morgan fingerprint density at radius 2 is 1.55 bits per heavy atom. The zero-order chi connectivity index (χ0) is 20.6. The number of carbonyl (C=O) groups excluding carboxylic acids is 1. The van der Waals surface area contributed by atoms with Gasteiger partial charge in [0.2, 0.25) is 0 Å². The Morgan fingerprint density at radius 1 is 0.966 bits per heavy atom. The zero-order valence-corrected chi connectivity index (χ0v) is 16.7. The van der Waals surface area contributed by atoms with Crippen molar-refractivity contribution in [1.29, 1.82) is 0 Å². The lowest BCUT2D eigenvalue weighted by Crippen LogP contribution is -2.27. The highest BCUT2D eigenvalue weighted by Gasteiger charge is 2.22. The van der Waals surface area contributed by atoms with Crippen LogP contribution in [0.2, 0.25) is 0 Å². The second kappa shape index (κ2) is 10.3. The van der Waals surface area contributed by atoms with Crippen LogP contribution in [0, 0.1) is 5.82 Å². The van der Waals surface area contributed by atoms with Crippen molar-refractivity contribution in [2.24, 2.45) is 0 Å². The topological polar surface area (TPSA) is 90.5 Å². The summed E-state index contributed by atoms with van der Waals surface area (Å²) in [5, 5.41) is 18.0. The number of aliphatic carboxylic acids is 1. The van der Waals surface area contributed by atoms with Crippen molar-refractivity contribution in [2.45, 2.75) is 69.9 Å². The number of carbonyl (C=O) groups is 2. The second-order valence-corrected chi connectivity index (χ2v) is 7.93. The molecule has 0 atom stereocenters. The Labute approximate surface area is 171 Å². The van der Waals surface area contributed by atoms with Crippen LogP contribution < -0.4 is 16.0 Å². The fourth-order valence-corrected chi connectivity index (χ4v) is 4.15. The molecule has 4 N–H and O–H groups in total. The van der Waals surface area contributed by atoms with Crippen molar-refractivity contribution in [3.05, 3.63) is 35.7 Å². The summed E-state index contributed by atoms with van der Waals surface area (Å²) < 4.78 is 14.8. The van der Waals surface area contributed by atoms with Crippen molar-refractivity contribution in [1.82, 2.24) is 5.32 Å². The van der Waals surface area contributed by atoms with Crippen LogP contribution >= 0.6 is 0 Å². The molecule has 2 aliphatic rings. The lowest BCUT2D eigenvalue weighted by atomic mass is 9.95. The van der Waals surface area contributed by atoms with Gasteiger partial charge in [0.25, 0.3) is 5.91 Å². The molecule has 1 amide bonds. The maximum Gasteiger partial charge on any atom is 0.328 e. The van der Waals surface area contributed by atoms with E-state index in [2.05, 4.69) is 16.0 Å². The van der Waals surface area contributed by atoms with Crippen LogP contribution in [0.3, 0.4) is 0 Å². The number of hydrogen-bond donors (Lipinski definition) is 4.